The molecule has 4 rings (SSSR count). The Labute approximate surface area is 156 Å². The van der Waals surface area contributed by atoms with E-state index in [0.29, 0.717) is 17.0 Å². The average Bonchev–Trinajstić information content (AvgIpc) is 2.68. The van der Waals surface area contributed by atoms with Crippen molar-refractivity contribution >= 4 is 22.5 Å². The highest BCUT2D eigenvalue weighted by atomic mass is 35.5. The van der Waals surface area contributed by atoms with Crippen LogP contribution in [0.5, 0.6) is 5.75 Å². The smallest absolute Gasteiger partial charge is 0.145 e. The Morgan fingerprint density at radius 3 is 2.65 bits per heavy atom. The molecule has 0 bridgehead atoms. The summed E-state index contributed by atoms with van der Waals surface area (Å²) in [7, 11) is 0. The van der Waals surface area contributed by atoms with Crippen LogP contribution in [0.4, 0.5) is 0 Å². The van der Waals surface area contributed by atoms with E-state index in [1.807, 2.05) is 66.9 Å². The second kappa shape index (κ2) is 7.14. The van der Waals surface area contributed by atoms with E-state index in [2.05, 4.69) is 9.97 Å². The standard InChI is InChI=1S/C22H17ClN2O/c23-18-7-1-4-15(12-18)13-20(17-6-2-10-24-14-17)19-9-8-16-5-3-11-25-21(16)22(19)26/h1-12,14,20,26H,13H2. The molecular weight excluding hydrogens is 344 g/mol. The summed E-state index contributed by atoms with van der Waals surface area (Å²) in [5.74, 6) is 0.174. The van der Waals surface area contributed by atoms with E-state index in [4.69, 9.17) is 11.6 Å². The predicted molar refractivity (Wildman–Crippen MR) is 105 cm³/mol. The summed E-state index contributed by atoms with van der Waals surface area (Å²) in [5, 5.41) is 12.5. The number of phenolic OH excluding ortho intramolecular Hbond substituents is 1. The van der Waals surface area contributed by atoms with Crippen molar-refractivity contribution < 1.29 is 5.11 Å². The van der Waals surface area contributed by atoms with Gasteiger partial charge in [0.05, 0.1) is 0 Å². The molecule has 4 heteroatoms. The number of nitrogens with zero attached hydrogens (tertiary/aromatic N) is 2. The van der Waals surface area contributed by atoms with Crippen LogP contribution in [0.25, 0.3) is 10.9 Å². The van der Waals surface area contributed by atoms with Gasteiger partial charge in [-0.25, -0.2) is 0 Å². The van der Waals surface area contributed by atoms with Crippen LogP contribution in [-0.2, 0) is 6.42 Å². The summed E-state index contributed by atoms with van der Waals surface area (Å²) in [5.41, 5.74) is 3.60. The van der Waals surface area contributed by atoms with E-state index in [0.717, 1.165) is 22.1 Å². The van der Waals surface area contributed by atoms with E-state index < -0.39 is 0 Å². The van der Waals surface area contributed by atoms with Crippen molar-refractivity contribution in [1.29, 1.82) is 0 Å². The topological polar surface area (TPSA) is 46.0 Å². The van der Waals surface area contributed by atoms with Crippen molar-refractivity contribution in [2.24, 2.45) is 0 Å². The predicted octanol–water partition coefficient (Wildman–Crippen LogP) is 5.36. The van der Waals surface area contributed by atoms with Crippen LogP contribution in [-0.4, -0.2) is 15.1 Å². The highest BCUT2D eigenvalue weighted by Gasteiger charge is 2.20. The molecule has 0 saturated heterocycles. The van der Waals surface area contributed by atoms with E-state index in [1.165, 1.54) is 0 Å². The number of hydrogen-bond donors (Lipinski definition) is 1. The lowest BCUT2D eigenvalue weighted by molar-refractivity contribution is 0.469. The first kappa shape index (κ1) is 16.6. The first-order chi connectivity index (χ1) is 12.7. The average molecular weight is 361 g/mol. The highest BCUT2D eigenvalue weighted by Crippen LogP contribution is 2.37. The van der Waals surface area contributed by atoms with Crippen LogP contribution in [0.1, 0.15) is 22.6 Å². The fourth-order valence-corrected chi connectivity index (χ4v) is 3.53. The normalized spacial score (nSPS) is 12.2. The quantitative estimate of drug-likeness (QED) is 0.532. The summed E-state index contributed by atoms with van der Waals surface area (Å²) < 4.78 is 0. The van der Waals surface area contributed by atoms with Crippen molar-refractivity contribution in [3.8, 4) is 5.75 Å². The molecule has 2 aromatic heterocycles. The van der Waals surface area contributed by atoms with Gasteiger partial charge >= 0.3 is 0 Å². The first-order valence-corrected chi connectivity index (χ1v) is 8.81. The molecule has 4 aromatic rings. The molecule has 3 nitrogen and oxygen atoms in total. The minimum Gasteiger partial charge on any atom is -0.505 e. The van der Waals surface area contributed by atoms with Crippen LogP contribution in [0.2, 0.25) is 5.02 Å². The SMILES string of the molecule is Oc1c(C(Cc2cccc(Cl)c2)c2cccnc2)ccc2cccnc12. The van der Waals surface area contributed by atoms with Crippen molar-refractivity contribution in [2.75, 3.05) is 0 Å². The van der Waals surface area contributed by atoms with E-state index in [9.17, 15) is 5.11 Å². The third kappa shape index (κ3) is 3.26. The summed E-state index contributed by atoms with van der Waals surface area (Å²) in [6, 6.07) is 19.5. The molecule has 128 valence electrons. The van der Waals surface area contributed by atoms with Crippen molar-refractivity contribution in [1.82, 2.24) is 9.97 Å². The van der Waals surface area contributed by atoms with Gasteiger partial charge in [0.1, 0.15) is 11.3 Å². The van der Waals surface area contributed by atoms with Crippen LogP contribution in [0.15, 0.2) is 79.3 Å². The van der Waals surface area contributed by atoms with Gasteiger partial charge in [0.15, 0.2) is 0 Å². The summed E-state index contributed by atoms with van der Waals surface area (Å²) in [6.07, 6.45) is 6.00. The van der Waals surface area contributed by atoms with E-state index in [-0.39, 0.29) is 11.7 Å². The third-order valence-corrected chi connectivity index (χ3v) is 4.81. The number of halogens is 1. The molecule has 0 spiro atoms. The largest absolute Gasteiger partial charge is 0.505 e. The van der Waals surface area contributed by atoms with Gasteiger partial charge in [-0.3, -0.25) is 9.97 Å². The molecule has 1 unspecified atom stereocenters. The number of aromatic nitrogens is 2. The third-order valence-electron chi connectivity index (χ3n) is 4.57. The molecule has 0 fully saturated rings. The maximum Gasteiger partial charge on any atom is 0.145 e. The molecule has 0 aliphatic heterocycles. The Morgan fingerprint density at radius 2 is 1.85 bits per heavy atom. The van der Waals surface area contributed by atoms with Gasteiger partial charge < -0.3 is 5.11 Å². The summed E-state index contributed by atoms with van der Waals surface area (Å²) in [6.45, 7) is 0. The monoisotopic (exact) mass is 360 g/mol. The second-order valence-corrected chi connectivity index (χ2v) is 6.69. The van der Waals surface area contributed by atoms with Gasteiger partial charge in [-0.2, -0.15) is 0 Å². The maximum atomic E-state index is 10.9. The molecule has 0 radical (unpaired) electrons. The van der Waals surface area contributed by atoms with Crippen LogP contribution >= 0.6 is 11.6 Å². The molecule has 0 aliphatic rings. The van der Waals surface area contributed by atoms with E-state index in [1.54, 1.807) is 12.4 Å². The molecular formula is C22H17ClN2O. The van der Waals surface area contributed by atoms with Crippen LogP contribution < -0.4 is 0 Å². The van der Waals surface area contributed by atoms with Crippen LogP contribution in [0, 0.1) is 0 Å². The Bertz CT molecular complexity index is 1050. The maximum absolute atomic E-state index is 10.9. The zero-order valence-electron chi connectivity index (χ0n) is 14.0. The first-order valence-electron chi connectivity index (χ1n) is 8.43. The van der Waals surface area contributed by atoms with Gasteiger partial charge in [-0.05, 0) is 41.8 Å². The molecule has 2 aromatic carbocycles. The molecule has 0 amide bonds. The lowest BCUT2D eigenvalue weighted by Gasteiger charge is -2.20. The molecule has 0 saturated carbocycles. The van der Waals surface area contributed by atoms with Gasteiger partial charge in [-0.15, -0.1) is 0 Å². The fourth-order valence-electron chi connectivity index (χ4n) is 3.32. The zero-order chi connectivity index (χ0) is 17.9. The number of pyridine rings is 2. The Balaban J connectivity index is 1.84. The van der Waals surface area contributed by atoms with Crippen molar-refractivity contribution in [3.63, 3.8) is 0 Å². The molecule has 0 aliphatic carbocycles. The second-order valence-electron chi connectivity index (χ2n) is 6.25. The highest BCUT2D eigenvalue weighted by molar-refractivity contribution is 6.30. The molecule has 2 heterocycles. The number of benzene rings is 2. The number of rotatable bonds is 4. The van der Waals surface area contributed by atoms with Crippen molar-refractivity contribution in [3.05, 3.63) is 101 Å². The molecule has 1 N–H and O–H groups in total. The lowest BCUT2D eigenvalue weighted by atomic mass is 9.85. The van der Waals surface area contributed by atoms with E-state index >= 15 is 0 Å². The van der Waals surface area contributed by atoms with Crippen LogP contribution in [0.3, 0.4) is 0 Å². The lowest BCUT2D eigenvalue weighted by Crippen LogP contribution is -2.06. The Morgan fingerprint density at radius 1 is 0.962 bits per heavy atom. The number of fused-ring (bicyclic) bond motifs is 1. The minimum atomic E-state index is -0.0476. The Hall–Kier alpha value is -2.91. The number of aromatic hydroxyl groups is 1. The van der Waals surface area contributed by atoms with Gasteiger partial charge in [-0.1, -0.05) is 48.0 Å². The van der Waals surface area contributed by atoms with Gasteiger partial charge in [0.2, 0.25) is 0 Å². The Kier molecular flexibility index (Phi) is 4.55. The number of phenols is 1. The van der Waals surface area contributed by atoms with Gasteiger partial charge in [0.25, 0.3) is 0 Å². The molecule has 1 atom stereocenters. The molecule has 26 heavy (non-hydrogen) atoms. The van der Waals surface area contributed by atoms with Crippen molar-refractivity contribution in [2.45, 2.75) is 12.3 Å². The summed E-state index contributed by atoms with van der Waals surface area (Å²) in [4.78, 5) is 8.61. The zero-order valence-corrected chi connectivity index (χ0v) is 14.8. The van der Waals surface area contributed by atoms with Gasteiger partial charge in [0, 0.05) is 40.5 Å². The summed E-state index contributed by atoms with van der Waals surface area (Å²) >= 11 is 6.16. The minimum absolute atomic E-state index is 0.0476. The number of hydrogen-bond acceptors (Lipinski definition) is 3. The fraction of sp³-hybridized carbons (Fsp3) is 0.0909.